The number of carbonyl (C=O) groups excluding carboxylic acids is 2. The third-order valence-electron chi connectivity index (χ3n) is 8.67. The predicted molar refractivity (Wildman–Crippen MR) is 208 cm³/mol. The Balaban J connectivity index is 4.42. The maximum absolute atomic E-state index is 12.6. The minimum absolute atomic E-state index is 0.151. The van der Waals surface area contributed by atoms with Crippen LogP contribution >= 0.6 is 7.82 Å². The van der Waals surface area contributed by atoms with Crippen LogP contribution in [-0.2, 0) is 37.5 Å². The Kier molecular flexibility index (Phi) is 34.6. The van der Waals surface area contributed by atoms with Crippen molar-refractivity contribution in [3.05, 3.63) is 24.3 Å². The summed E-state index contributed by atoms with van der Waals surface area (Å²) < 4.78 is 32.6. The van der Waals surface area contributed by atoms with Crippen molar-refractivity contribution in [2.24, 2.45) is 5.73 Å². The molecule has 0 amide bonds. The van der Waals surface area contributed by atoms with Gasteiger partial charge in [-0.25, -0.2) is 4.57 Å². The molecule has 0 aromatic rings. The Morgan fingerprint density at radius 1 is 0.577 bits per heavy atom. The molecule has 0 saturated carbocycles. The van der Waals surface area contributed by atoms with E-state index in [0.717, 1.165) is 77.0 Å². The number of allylic oxidation sites excluding steroid dienone is 4. The van der Waals surface area contributed by atoms with E-state index >= 15 is 0 Å². The molecular formula is C40H74NO10P. The molecule has 52 heavy (non-hydrogen) atoms. The maximum atomic E-state index is 12.6. The predicted octanol–water partition coefficient (Wildman–Crippen LogP) is 10.3. The largest absolute Gasteiger partial charge is 0.480 e. The second-order valence-electron chi connectivity index (χ2n) is 13.8. The number of phosphoric acid groups is 1. The van der Waals surface area contributed by atoms with Gasteiger partial charge in [0.25, 0.3) is 0 Å². The molecule has 0 aromatic carbocycles. The summed E-state index contributed by atoms with van der Waals surface area (Å²) in [5.74, 6) is -2.40. The van der Waals surface area contributed by atoms with Crippen molar-refractivity contribution in [3.8, 4) is 0 Å². The third-order valence-corrected chi connectivity index (χ3v) is 9.62. The smallest absolute Gasteiger partial charge is 0.472 e. The molecular weight excluding hydrogens is 685 g/mol. The summed E-state index contributed by atoms with van der Waals surface area (Å²) in [6, 6.07) is -1.52. The minimum atomic E-state index is -4.71. The molecule has 11 nitrogen and oxygen atoms in total. The quantitative estimate of drug-likeness (QED) is 0.0237. The van der Waals surface area contributed by atoms with Crippen LogP contribution in [0.4, 0.5) is 0 Å². The number of carboxylic acid groups (broad SMARTS) is 1. The molecule has 0 heterocycles. The van der Waals surface area contributed by atoms with E-state index in [1.165, 1.54) is 64.2 Å². The molecule has 0 aromatic heterocycles. The van der Waals surface area contributed by atoms with Crippen molar-refractivity contribution >= 4 is 25.7 Å². The van der Waals surface area contributed by atoms with Gasteiger partial charge in [-0.1, -0.05) is 128 Å². The molecule has 0 aliphatic heterocycles. The Morgan fingerprint density at radius 3 is 1.44 bits per heavy atom. The van der Waals surface area contributed by atoms with Gasteiger partial charge in [-0.3, -0.25) is 23.4 Å². The van der Waals surface area contributed by atoms with Gasteiger partial charge in [-0.15, -0.1) is 0 Å². The lowest BCUT2D eigenvalue weighted by Gasteiger charge is -2.20. The molecule has 1 unspecified atom stereocenters. The Bertz CT molecular complexity index is 989. The van der Waals surface area contributed by atoms with Gasteiger partial charge >= 0.3 is 25.7 Å². The molecule has 4 N–H and O–H groups in total. The van der Waals surface area contributed by atoms with E-state index in [9.17, 15) is 23.8 Å². The number of rotatable bonds is 38. The number of phosphoric ester groups is 1. The number of carboxylic acids is 1. The normalized spacial score (nSPS) is 14.1. The van der Waals surface area contributed by atoms with Crippen molar-refractivity contribution in [2.45, 2.75) is 193 Å². The first-order chi connectivity index (χ1) is 25.1. The van der Waals surface area contributed by atoms with E-state index in [4.69, 9.17) is 24.8 Å². The van der Waals surface area contributed by atoms with E-state index < -0.39 is 51.1 Å². The summed E-state index contributed by atoms with van der Waals surface area (Å²) in [5, 5.41) is 8.87. The molecule has 0 rings (SSSR count). The van der Waals surface area contributed by atoms with E-state index in [2.05, 4.69) is 42.7 Å². The van der Waals surface area contributed by atoms with Crippen LogP contribution in [-0.4, -0.2) is 59.9 Å². The van der Waals surface area contributed by atoms with Gasteiger partial charge in [0, 0.05) is 12.8 Å². The van der Waals surface area contributed by atoms with E-state index in [1.54, 1.807) is 0 Å². The lowest BCUT2D eigenvalue weighted by molar-refractivity contribution is -0.161. The average molecular weight is 760 g/mol. The number of unbranched alkanes of at least 4 members (excludes halogenated alkanes) is 20. The van der Waals surface area contributed by atoms with Gasteiger partial charge in [0.15, 0.2) is 6.10 Å². The van der Waals surface area contributed by atoms with Gasteiger partial charge < -0.3 is 25.2 Å². The lowest BCUT2D eigenvalue weighted by Crippen LogP contribution is -2.34. The maximum Gasteiger partial charge on any atom is 0.472 e. The summed E-state index contributed by atoms with van der Waals surface area (Å²) in [6.45, 7) is 2.75. The molecule has 0 spiro atoms. The second-order valence-corrected chi connectivity index (χ2v) is 15.2. The highest BCUT2D eigenvalue weighted by atomic mass is 31.2. The van der Waals surface area contributed by atoms with Gasteiger partial charge in [0.1, 0.15) is 12.6 Å². The number of aliphatic carboxylic acids is 1. The highest BCUT2D eigenvalue weighted by Crippen LogP contribution is 2.43. The fraction of sp³-hybridized carbons (Fsp3) is 0.825. The molecule has 0 aliphatic carbocycles. The molecule has 3 atom stereocenters. The first kappa shape index (κ1) is 50.0. The summed E-state index contributed by atoms with van der Waals surface area (Å²) in [7, 11) is -4.71. The van der Waals surface area contributed by atoms with Crippen molar-refractivity contribution in [3.63, 3.8) is 0 Å². The monoisotopic (exact) mass is 760 g/mol. The first-order valence-electron chi connectivity index (χ1n) is 20.4. The molecule has 0 bridgehead atoms. The van der Waals surface area contributed by atoms with Crippen LogP contribution in [0.25, 0.3) is 0 Å². The Morgan fingerprint density at radius 2 is 0.962 bits per heavy atom. The molecule has 0 aliphatic rings. The zero-order chi connectivity index (χ0) is 38.5. The molecule has 0 fully saturated rings. The van der Waals surface area contributed by atoms with E-state index in [-0.39, 0.29) is 19.4 Å². The summed E-state index contributed by atoms with van der Waals surface area (Å²) in [5.41, 5.74) is 5.32. The SMILES string of the molecule is CCCCC/C=C\CCCCCCCC(=O)OC[C@H](COP(=O)(O)OC[C@H](N)C(=O)O)OC(=O)CCCCCCC/C=C\CCCCCCCCC. The summed E-state index contributed by atoms with van der Waals surface area (Å²) in [6.07, 6.45) is 35.3. The van der Waals surface area contributed by atoms with Crippen LogP contribution in [0.1, 0.15) is 181 Å². The van der Waals surface area contributed by atoms with Gasteiger partial charge in [-0.05, 0) is 64.2 Å². The molecule has 0 saturated heterocycles. The van der Waals surface area contributed by atoms with Crippen LogP contribution in [0.5, 0.6) is 0 Å². The number of hydrogen-bond acceptors (Lipinski definition) is 9. The number of ether oxygens (including phenoxy) is 2. The van der Waals surface area contributed by atoms with E-state index in [0.29, 0.717) is 12.8 Å². The fourth-order valence-corrected chi connectivity index (χ4v) is 6.18. The number of hydrogen-bond donors (Lipinski definition) is 3. The van der Waals surface area contributed by atoms with Crippen molar-refractivity contribution < 1.29 is 47.5 Å². The van der Waals surface area contributed by atoms with Gasteiger partial charge in [-0.2, -0.15) is 0 Å². The topological polar surface area (TPSA) is 172 Å². The molecule has 0 radical (unpaired) electrons. The zero-order valence-electron chi connectivity index (χ0n) is 32.7. The van der Waals surface area contributed by atoms with Crippen LogP contribution < -0.4 is 5.73 Å². The van der Waals surface area contributed by atoms with Crippen LogP contribution in [0.3, 0.4) is 0 Å². The van der Waals surface area contributed by atoms with Crippen molar-refractivity contribution in [2.75, 3.05) is 19.8 Å². The fourth-order valence-electron chi connectivity index (χ4n) is 5.41. The van der Waals surface area contributed by atoms with Crippen molar-refractivity contribution in [1.29, 1.82) is 0 Å². The number of nitrogens with two attached hydrogens (primary N) is 1. The number of carbonyl (C=O) groups is 3. The standard InChI is InChI=1S/C40H74NO10P/c1-3-5-7-9-11-13-15-17-18-19-20-22-24-26-28-30-32-39(43)51-36(34-49-52(46,47)50-35-37(41)40(44)45)33-48-38(42)31-29-27-25-23-21-16-14-12-10-8-6-4-2/h12,14,18-19,36-37H,3-11,13,15-17,20-35,41H2,1-2H3,(H,44,45)(H,46,47)/b14-12-,19-18-/t36-,37+/m1/s1. The highest BCUT2D eigenvalue weighted by molar-refractivity contribution is 7.47. The number of esters is 2. The highest BCUT2D eigenvalue weighted by Gasteiger charge is 2.28. The van der Waals surface area contributed by atoms with E-state index in [1.807, 2.05) is 0 Å². The Labute approximate surface area is 315 Å². The zero-order valence-corrected chi connectivity index (χ0v) is 33.5. The lowest BCUT2D eigenvalue weighted by atomic mass is 10.1. The average Bonchev–Trinajstić information content (AvgIpc) is 3.12. The minimum Gasteiger partial charge on any atom is -0.480 e. The summed E-state index contributed by atoms with van der Waals surface area (Å²) >= 11 is 0. The van der Waals surface area contributed by atoms with Crippen LogP contribution in [0.2, 0.25) is 0 Å². The van der Waals surface area contributed by atoms with Gasteiger partial charge in [0.05, 0.1) is 13.2 Å². The molecule has 304 valence electrons. The van der Waals surface area contributed by atoms with Gasteiger partial charge in [0.2, 0.25) is 0 Å². The van der Waals surface area contributed by atoms with Crippen LogP contribution in [0.15, 0.2) is 24.3 Å². The summed E-state index contributed by atoms with van der Waals surface area (Å²) in [4.78, 5) is 45.8. The van der Waals surface area contributed by atoms with Crippen molar-refractivity contribution in [1.82, 2.24) is 0 Å². The van der Waals surface area contributed by atoms with Crippen LogP contribution in [0, 0.1) is 0 Å². The third kappa shape index (κ3) is 35.0. The molecule has 12 heteroatoms. The Hall–Kier alpha value is -2.04. The second kappa shape index (κ2) is 36.0. The first-order valence-corrected chi connectivity index (χ1v) is 21.9.